The highest BCUT2D eigenvalue weighted by molar-refractivity contribution is 7.17. The van der Waals surface area contributed by atoms with Crippen LogP contribution in [0.4, 0.5) is 0 Å². The maximum absolute atomic E-state index is 12.6. The van der Waals surface area contributed by atoms with E-state index in [1.54, 1.807) is 6.07 Å². The summed E-state index contributed by atoms with van der Waals surface area (Å²) < 4.78 is 6.48. The maximum atomic E-state index is 12.6. The highest BCUT2D eigenvalue weighted by Crippen LogP contribution is 2.30. The molecule has 0 bridgehead atoms. The van der Waals surface area contributed by atoms with Crippen molar-refractivity contribution < 1.29 is 9.84 Å². The van der Waals surface area contributed by atoms with E-state index in [-0.39, 0.29) is 17.9 Å². The van der Waals surface area contributed by atoms with Crippen LogP contribution < -0.4 is 10.2 Å². The van der Waals surface area contributed by atoms with E-state index in [1.807, 2.05) is 35.7 Å². The number of benzene rings is 1. The summed E-state index contributed by atoms with van der Waals surface area (Å²) in [5, 5.41) is 13.5. The van der Waals surface area contributed by atoms with Gasteiger partial charge in [-0.3, -0.25) is 4.79 Å². The molecule has 108 valence electrons. The lowest BCUT2D eigenvalue weighted by atomic mass is 10.2. The molecule has 3 rings (SSSR count). The van der Waals surface area contributed by atoms with E-state index in [0.29, 0.717) is 16.5 Å². The van der Waals surface area contributed by atoms with Crippen LogP contribution in [-0.2, 0) is 0 Å². The third kappa shape index (κ3) is 2.75. The van der Waals surface area contributed by atoms with E-state index < -0.39 is 6.10 Å². The standard InChI is InChI=1S/C16H13ClO3S/c17-8-11(18)9-20-14-7-10-3-1-2-4-12(10)15(19)13-5-6-21-16(13)14/h1-7,11,18H,8-9H2. The Morgan fingerprint density at radius 3 is 2.86 bits per heavy atom. The molecule has 0 spiro atoms. The number of ether oxygens (including phenoxy) is 1. The fourth-order valence-electron chi connectivity index (χ4n) is 2.20. The van der Waals surface area contributed by atoms with Gasteiger partial charge in [-0.2, -0.15) is 0 Å². The Kier molecular flexibility index (Phi) is 4.10. The number of halogens is 1. The lowest BCUT2D eigenvalue weighted by Crippen LogP contribution is -2.18. The first-order chi connectivity index (χ1) is 10.2. The summed E-state index contributed by atoms with van der Waals surface area (Å²) in [6, 6.07) is 11.1. The van der Waals surface area contributed by atoms with Crippen molar-refractivity contribution in [3.63, 3.8) is 0 Å². The molecular weight excluding hydrogens is 308 g/mol. The number of thiophene rings is 1. The van der Waals surface area contributed by atoms with Crippen LogP contribution in [0.25, 0.3) is 20.9 Å². The number of aliphatic hydroxyl groups is 1. The lowest BCUT2D eigenvalue weighted by Gasteiger charge is -2.09. The van der Waals surface area contributed by atoms with Crippen molar-refractivity contribution >= 4 is 43.8 Å². The van der Waals surface area contributed by atoms with Crippen molar-refractivity contribution in [2.75, 3.05) is 12.5 Å². The lowest BCUT2D eigenvalue weighted by molar-refractivity contribution is 0.126. The van der Waals surface area contributed by atoms with Gasteiger partial charge < -0.3 is 9.84 Å². The van der Waals surface area contributed by atoms with Crippen LogP contribution in [-0.4, -0.2) is 23.7 Å². The summed E-state index contributed by atoms with van der Waals surface area (Å²) in [6.45, 7) is 0.100. The molecule has 0 radical (unpaired) electrons. The second-order valence-corrected chi connectivity index (χ2v) is 5.93. The van der Waals surface area contributed by atoms with Gasteiger partial charge in [-0.15, -0.1) is 22.9 Å². The molecule has 5 heteroatoms. The predicted octanol–water partition coefficient (Wildman–Crippen LogP) is 3.39. The van der Waals surface area contributed by atoms with Gasteiger partial charge in [0.15, 0.2) is 5.43 Å². The van der Waals surface area contributed by atoms with Gasteiger partial charge >= 0.3 is 0 Å². The third-order valence-electron chi connectivity index (χ3n) is 3.23. The molecule has 0 aliphatic heterocycles. The van der Waals surface area contributed by atoms with Crippen molar-refractivity contribution in [2.45, 2.75) is 6.10 Å². The highest BCUT2D eigenvalue weighted by atomic mass is 35.5. The van der Waals surface area contributed by atoms with Crippen LogP contribution in [0.2, 0.25) is 0 Å². The van der Waals surface area contributed by atoms with E-state index in [0.717, 1.165) is 10.1 Å². The minimum atomic E-state index is -0.731. The SMILES string of the molecule is O=c1c2ccccc2cc(OCC(O)CCl)c2sccc12. The van der Waals surface area contributed by atoms with Gasteiger partial charge in [-0.1, -0.05) is 24.3 Å². The first-order valence-electron chi connectivity index (χ1n) is 6.51. The number of hydrogen-bond donors (Lipinski definition) is 1. The summed E-state index contributed by atoms with van der Waals surface area (Å²) >= 11 is 7.04. The zero-order valence-electron chi connectivity index (χ0n) is 11.1. The van der Waals surface area contributed by atoms with Gasteiger partial charge in [0.25, 0.3) is 0 Å². The largest absolute Gasteiger partial charge is 0.489 e. The molecule has 0 fully saturated rings. The second kappa shape index (κ2) is 6.02. The van der Waals surface area contributed by atoms with Gasteiger partial charge in [0.1, 0.15) is 18.5 Å². The Morgan fingerprint density at radius 2 is 2.05 bits per heavy atom. The van der Waals surface area contributed by atoms with Crippen LogP contribution in [0.15, 0.2) is 46.6 Å². The minimum absolute atomic E-state index is 0.00501. The zero-order chi connectivity index (χ0) is 14.8. The van der Waals surface area contributed by atoms with E-state index >= 15 is 0 Å². The molecule has 1 unspecified atom stereocenters. The van der Waals surface area contributed by atoms with Crippen LogP contribution in [0.3, 0.4) is 0 Å². The van der Waals surface area contributed by atoms with Gasteiger partial charge in [-0.05, 0) is 22.9 Å². The second-order valence-electron chi connectivity index (χ2n) is 4.71. The van der Waals surface area contributed by atoms with E-state index in [2.05, 4.69) is 0 Å². The normalized spacial score (nSPS) is 12.7. The molecule has 3 nitrogen and oxygen atoms in total. The Labute approximate surface area is 130 Å². The van der Waals surface area contributed by atoms with E-state index in [1.165, 1.54) is 11.3 Å². The Balaban J connectivity index is 2.24. The monoisotopic (exact) mass is 320 g/mol. The molecule has 0 aliphatic rings. The first kappa shape index (κ1) is 14.3. The highest BCUT2D eigenvalue weighted by Gasteiger charge is 2.11. The molecule has 2 aromatic carbocycles. The van der Waals surface area contributed by atoms with Crippen molar-refractivity contribution in [1.82, 2.24) is 0 Å². The molecule has 21 heavy (non-hydrogen) atoms. The molecular formula is C16H13ClO3S. The molecule has 0 saturated heterocycles. The fourth-order valence-corrected chi connectivity index (χ4v) is 3.15. The number of hydrogen-bond acceptors (Lipinski definition) is 4. The molecule has 0 saturated carbocycles. The number of fused-ring (bicyclic) bond motifs is 2. The van der Waals surface area contributed by atoms with E-state index in [9.17, 15) is 9.90 Å². The zero-order valence-corrected chi connectivity index (χ0v) is 12.7. The minimum Gasteiger partial charge on any atom is -0.489 e. The van der Waals surface area contributed by atoms with Crippen LogP contribution in [0.1, 0.15) is 0 Å². The Morgan fingerprint density at radius 1 is 1.24 bits per heavy atom. The predicted molar refractivity (Wildman–Crippen MR) is 87.8 cm³/mol. The van der Waals surface area contributed by atoms with Gasteiger partial charge in [0, 0.05) is 10.8 Å². The summed E-state index contributed by atoms with van der Waals surface area (Å²) in [6.07, 6.45) is -0.731. The maximum Gasteiger partial charge on any atom is 0.195 e. The van der Waals surface area contributed by atoms with Gasteiger partial charge in [-0.25, -0.2) is 0 Å². The van der Waals surface area contributed by atoms with Crippen molar-refractivity contribution in [1.29, 1.82) is 0 Å². The van der Waals surface area contributed by atoms with Crippen LogP contribution in [0, 0.1) is 0 Å². The number of alkyl halides is 1. The third-order valence-corrected chi connectivity index (χ3v) is 4.52. The molecule has 0 aliphatic carbocycles. The van der Waals surface area contributed by atoms with Crippen molar-refractivity contribution in [3.05, 3.63) is 52.0 Å². The van der Waals surface area contributed by atoms with Crippen LogP contribution >= 0.6 is 22.9 Å². The summed E-state index contributed by atoms with van der Waals surface area (Å²) in [4.78, 5) is 12.6. The quantitative estimate of drug-likeness (QED) is 0.749. The molecule has 1 heterocycles. The van der Waals surface area contributed by atoms with Crippen molar-refractivity contribution in [2.24, 2.45) is 0 Å². The van der Waals surface area contributed by atoms with Gasteiger partial charge in [0.05, 0.1) is 10.6 Å². The summed E-state index contributed by atoms with van der Waals surface area (Å²) in [5.41, 5.74) is -0.00501. The van der Waals surface area contributed by atoms with Crippen molar-refractivity contribution in [3.8, 4) is 5.75 Å². The van der Waals surface area contributed by atoms with Crippen LogP contribution in [0.5, 0.6) is 5.75 Å². The Bertz CT molecular complexity index is 844. The average molecular weight is 321 g/mol. The summed E-state index contributed by atoms with van der Waals surface area (Å²) in [5.74, 6) is 0.711. The average Bonchev–Trinajstić information content (AvgIpc) is 2.96. The molecule has 1 aromatic heterocycles. The number of rotatable bonds is 4. The topological polar surface area (TPSA) is 46.5 Å². The first-order valence-corrected chi connectivity index (χ1v) is 7.92. The molecule has 1 atom stereocenters. The smallest absolute Gasteiger partial charge is 0.195 e. The summed E-state index contributed by atoms with van der Waals surface area (Å²) in [7, 11) is 0. The van der Waals surface area contributed by atoms with Gasteiger partial charge in [0.2, 0.25) is 0 Å². The molecule has 0 amide bonds. The van der Waals surface area contributed by atoms with E-state index in [4.69, 9.17) is 16.3 Å². The molecule has 3 aromatic rings. The Hall–Kier alpha value is -1.62. The molecule has 1 N–H and O–H groups in total. The number of aliphatic hydroxyl groups excluding tert-OH is 1. The fraction of sp³-hybridized carbons (Fsp3) is 0.188.